The van der Waals surface area contributed by atoms with Gasteiger partial charge < -0.3 is 15.0 Å². The number of aromatic amines is 2. The molecule has 5 rings (SSSR count). The smallest absolute Gasteiger partial charge is 0.251 e. The summed E-state index contributed by atoms with van der Waals surface area (Å²) >= 11 is 0. The summed E-state index contributed by atoms with van der Waals surface area (Å²) in [6, 6.07) is 14.3. The second kappa shape index (κ2) is 7.35. The first-order valence-electron chi connectivity index (χ1n) is 9.83. The molecule has 3 heterocycles. The van der Waals surface area contributed by atoms with Gasteiger partial charge in [0.05, 0.1) is 24.4 Å². The maximum absolute atomic E-state index is 11.9. The van der Waals surface area contributed by atoms with Crippen LogP contribution in [0, 0.1) is 0 Å². The predicted molar refractivity (Wildman–Crippen MR) is 113 cm³/mol. The molecule has 7 nitrogen and oxygen atoms in total. The van der Waals surface area contributed by atoms with E-state index in [9.17, 15) is 4.79 Å². The summed E-state index contributed by atoms with van der Waals surface area (Å²) in [6.45, 7) is 4.52. The van der Waals surface area contributed by atoms with E-state index >= 15 is 0 Å². The topological polar surface area (TPSA) is 86.0 Å². The second-order valence-corrected chi connectivity index (χ2v) is 7.40. The lowest BCUT2D eigenvalue weighted by Gasteiger charge is -2.26. The van der Waals surface area contributed by atoms with Gasteiger partial charge in [0.2, 0.25) is 0 Å². The molecule has 0 bridgehead atoms. The van der Waals surface area contributed by atoms with E-state index in [1.807, 2.05) is 18.2 Å². The van der Waals surface area contributed by atoms with Gasteiger partial charge in [-0.2, -0.15) is 5.10 Å². The fraction of sp³-hybridized carbons (Fsp3) is 0.273. The zero-order chi connectivity index (χ0) is 19.8. The monoisotopic (exact) mass is 389 g/mol. The third-order valence-corrected chi connectivity index (χ3v) is 5.50. The molecule has 0 aliphatic carbocycles. The van der Waals surface area contributed by atoms with Crippen molar-refractivity contribution < 1.29 is 9.53 Å². The molecule has 3 N–H and O–H groups in total. The Morgan fingerprint density at radius 2 is 2.00 bits per heavy atom. The maximum atomic E-state index is 11.9. The Hall–Kier alpha value is -3.16. The number of carbonyl (C=O) groups is 1. The Morgan fingerprint density at radius 1 is 1.14 bits per heavy atom. The van der Waals surface area contributed by atoms with Crippen LogP contribution in [0.3, 0.4) is 0 Å². The number of fused-ring (bicyclic) bond motifs is 2. The van der Waals surface area contributed by atoms with Crippen LogP contribution >= 0.6 is 0 Å². The standard InChI is InChI=1S/C22H23N5O2/c1-23-22(28)15-3-4-17-19(11-15)25-26-21(17)20-12-16-10-14(2-5-18(16)24-20)13-27-6-8-29-9-7-27/h2-5,10-12,24H,6-9,13H2,1H3,(H,23,28)(H,25,26). The quantitative estimate of drug-likeness (QED) is 0.501. The van der Waals surface area contributed by atoms with E-state index in [4.69, 9.17) is 4.74 Å². The first kappa shape index (κ1) is 17.9. The van der Waals surface area contributed by atoms with E-state index in [2.05, 4.69) is 49.7 Å². The molecular weight excluding hydrogens is 366 g/mol. The van der Waals surface area contributed by atoms with Gasteiger partial charge in [0.1, 0.15) is 5.69 Å². The number of nitrogens with zero attached hydrogens (tertiary/aromatic N) is 2. The van der Waals surface area contributed by atoms with Crippen LogP contribution in [-0.4, -0.2) is 59.3 Å². The molecule has 2 aromatic heterocycles. The van der Waals surface area contributed by atoms with Crippen molar-refractivity contribution in [1.82, 2.24) is 25.4 Å². The Labute approximate surface area is 168 Å². The molecule has 148 valence electrons. The van der Waals surface area contributed by atoms with Crippen molar-refractivity contribution >= 4 is 27.7 Å². The van der Waals surface area contributed by atoms with Crippen LogP contribution in [0.2, 0.25) is 0 Å². The average molecular weight is 389 g/mol. The number of amides is 1. The highest BCUT2D eigenvalue weighted by Crippen LogP contribution is 2.29. The molecule has 29 heavy (non-hydrogen) atoms. The van der Waals surface area contributed by atoms with Crippen LogP contribution in [0.1, 0.15) is 15.9 Å². The highest BCUT2D eigenvalue weighted by atomic mass is 16.5. The SMILES string of the molecule is CNC(=O)c1ccc2c(-c3cc4cc(CN5CCOCC5)ccc4[nH]3)n[nH]c2c1. The fourth-order valence-electron chi connectivity index (χ4n) is 3.94. The number of ether oxygens (including phenoxy) is 1. The number of morpholine rings is 1. The lowest BCUT2D eigenvalue weighted by molar-refractivity contribution is 0.0342. The number of carbonyl (C=O) groups excluding carboxylic acids is 1. The summed E-state index contributed by atoms with van der Waals surface area (Å²) in [5, 5.41) is 12.3. The van der Waals surface area contributed by atoms with Crippen molar-refractivity contribution in [1.29, 1.82) is 0 Å². The van der Waals surface area contributed by atoms with Crippen LogP contribution in [0.15, 0.2) is 42.5 Å². The summed E-state index contributed by atoms with van der Waals surface area (Å²) < 4.78 is 5.44. The van der Waals surface area contributed by atoms with Crippen LogP contribution in [0.25, 0.3) is 33.2 Å². The first-order valence-corrected chi connectivity index (χ1v) is 9.83. The van der Waals surface area contributed by atoms with Crippen LogP contribution < -0.4 is 5.32 Å². The zero-order valence-corrected chi connectivity index (χ0v) is 16.3. The summed E-state index contributed by atoms with van der Waals surface area (Å²) in [4.78, 5) is 17.8. The third-order valence-electron chi connectivity index (χ3n) is 5.50. The zero-order valence-electron chi connectivity index (χ0n) is 16.3. The number of H-pyrrole nitrogens is 2. The van der Waals surface area contributed by atoms with E-state index in [-0.39, 0.29) is 5.91 Å². The average Bonchev–Trinajstić information content (AvgIpc) is 3.36. The minimum Gasteiger partial charge on any atom is -0.379 e. The number of hydrogen-bond acceptors (Lipinski definition) is 4. The van der Waals surface area contributed by atoms with E-state index < -0.39 is 0 Å². The van der Waals surface area contributed by atoms with Gasteiger partial charge in [-0.05, 0) is 42.0 Å². The van der Waals surface area contributed by atoms with E-state index in [1.54, 1.807) is 7.05 Å². The Balaban J connectivity index is 1.46. The van der Waals surface area contributed by atoms with Gasteiger partial charge in [-0.1, -0.05) is 6.07 Å². The lowest BCUT2D eigenvalue weighted by Crippen LogP contribution is -2.35. The van der Waals surface area contributed by atoms with E-state index in [0.717, 1.165) is 60.7 Å². The summed E-state index contributed by atoms with van der Waals surface area (Å²) in [5.74, 6) is -0.110. The first-order chi connectivity index (χ1) is 14.2. The van der Waals surface area contributed by atoms with Crippen LogP contribution in [0.5, 0.6) is 0 Å². The molecule has 7 heteroatoms. The minimum atomic E-state index is -0.110. The van der Waals surface area contributed by atoms with Gasteiger partial charge >= 0.3 is 0 Å². The van der Waals surface area contributed by atoms with Gasteiger partial charge in [0, 0.05) is 48.5 Å². The normalized spacial score (nSPS) is 15.2. The molecule has 2 aromatic carbocycles. The van der Waals surface area contributed by atoms with Gasteiger partial charge in [-0.25, -0.2) is 0 Å². The molecule has 1 aliphatic heterocycles. The molecule has 1 amide bonds. The lowest BCUT2D eigenvalue weighted by atomic mass is 10.1. The van der Waals surface area contributed by atoms with Gasteiger partial charge in [0.25, 0.3) is 5.91 Å². The molecule has 1 fully saturated rings. The van der Waals surface area contributed by atoms with Crippen LogP contribution in [0.4, 0.5) is 0 Å². The third kappa shape index (κ3) is 3.39. The molecule has 0 radical (unpaired) electrons. The number of nitrogens with one attached hydrogen (secondary N) is 3. The van der Waals surface area contributed by atoms with Crippen molar-refractivity contribution in [3.63, 3.8) is 0 Å². The summed E-state index contributed by atoms with van der Waals surface area (Å²) in [5.41, 5.74) is 5.65. The molecule has 1 aliphatic rings. The van der Waals surface area contributed by atoms with Gasteiger partial charge in [-0.3, -0.25) is 14.8 Å². The Kier molecular flexibility index (Phi) is 4.54. The van der Waals surface area contributed by atoms with Crippen molar-refractivity contribution in [2.75, 3.05) is 33.4 Å². The molecular formula is C22H23N5O2. The molecule has 4 aromatic rings. The number of benzene rings is 2. The van der Waals surface area contributed by atoms with E-state index in [1.165, 1.54) is 10.9 Å². The predicted octanol–water partition coefficient (Wildman–Crippen LogP) is 2.90. The largest absolute Gasteiger partial charge is 0.379 e. The molecule has 0 unspecified atom stereocenters. The number of rotatable bonds is 4. The molecule has 1 saturated heterocycles. The highest BCUT2D eigenvalue weighted by molar-refractivity contribution is 6.01. The number of aromatic nitrogens is 3. The Bertz CT molecular complexity index is 1190. The Morgan fingerprint density at radius 3 is 2.83 bits per heavy atom. The fourth-order valence-corrected chi connectivity index (χ4v) is 3.94. The maximum Gasteiger partial charge on any atom is 0.251 e. The van der Waals surface area contributed by atoms with Crippen LogP contribution in [-0.2, 0) is 11.3 Å². The molecule has 0 atom stereocenters. The van der Waals surface area contributed by atoms with Crippen molar-refractivity contribution in [3.05, 3.63) is 53.6 Å². The van der Waals surface area contributed by atoms with Gasteiger partial charge in [-0.15, -0.1) is 0 Å². The van der Waals surface area contributed by atoms with E-state index in [0.29, 0.717) is 5.56 Å². The summed E-state index contributed by atoms with van der Waals surface area (Å²) in [6.07, 6.45) is 0. The molecule has 0 saturated carbocycles. The van der Waals surface area contributed by atoms with Crippen molar-refractivity contribution in [2.45, 2.75) is 6.54 Å². The van der Waals surface area contributed by atoms with Gasteiger partial charge in [0.15, 0.2) is 0 Å². The second-order valence-electron chi connectivity index (χ2n) is 7.40. The number of hydrogen-bond donors (Lipinski definition) is 3. The summed E-state index contributed by atoms with van der Waals surface area (Å²) in [7, 11) is 1.63. The molecule has 0 spiro atoms. The highest BCUT2D eigenvalue weighted by Gasteiger charge is 2.14. The van der Waals surface area contributed by atoms with Crippen molar-refractivity contribution in [3.8, 4) is 11.4 Å². The minimum absolute atomic E-state index is 0.110. The van der Waals surface area contributed by atoms with Crippen molar-refractivity contribution in [2.24, 2.45) is 0 Å².